The molecule has 2 N–H and O–H groups in total. The second kappa shape index (κ2) is 12.6. The first-order valence-electron chi connectivity index (χ1n) is 12.3. The lowest BCUT2D eigenvalue weighted by Gasteiger charge is -2.33. The first-order valence-corrected chi connectivity index (χ1v) is 12.3. The number of aromatic nitrogens is 1. The van der Waals surface area contributed by atoms with Gasteiger partial charge in [-0.15, -0.1) is 0 Å². The van der Waals surface area contributed by atoms with E-state index in [2.05, 4.69) is 22.4 Å². The van der Waals surface area contributed by atoms with Gasteiger partial charge in [0.25, 0.3) is 0 Å². The van der Waals surface area contributed by atoms with Crippen LogP contribution in [0.25, 0.3) is 0 Å². The summed E-state index contributed by atoms with van der Waals surface area (Å²) in [6.45, 7) is 11.0. The van der Waals surface area contributed by atoms with Crippen LogP contribution in [0.3, 0.4) is 0 Å². The van der Waals surface area contributed by atoms with Gasteiger partial charge in [-0.2, -0.15) is 5.10 Å². The Kier molecular flexibility index (Phi) is 10.1. The van der Waals surface area contributed by atoms with Crippen molar-refractivity contribution in [2.45, 2.75) is 71.4 Å². The zero-order chi connectivity index (χ0) is 26.2. The van der Waals surface area contributed by atoms with Crippen LogP contribution in [-0.2, 0) is 9.47 Å². The van der Waals surface area contributed by atoms with E-state index in [4.69, 9.17) is 19.9 Å². The van der Waals surface area contributed by atoms with E-state index in [9.17, 15) is 4.79 Å². The Bertz CT molecular complexity index is 924. The van der Waals surface area contributed by atoms with Crippen LogP contribution in [0.2, 0.25) is 0 Å². The van der Waals surface area contributed by atoms with E-state index < -0.39 is 5.60 Å². The molecule has 1 saturated heterocycles. The van der Waals surface area contributed by atoms with Gasteiger partial charge in [-0.1, -0.05) is 6.92 Å². The van der Waals surface area contributed by atoms with Crippen LogP contribution in [0.5, 0.6) is 0 Å². The van der Waals surface area contributed by atoms with Gasteiger partial charge in [-0.3, -0.25) is 0 Å². The Morgan fingerprint density at radius 1 is 1.37 bits per heavy atom. The van der Waals surface area contributed by atoms with E-state index in [0.717, 1.165) is 42.1 Å². The molecule has 0 radical (unpaired) electrons. The molecule has 2 rings (SSSR count). The summed E-state index contributed by atoms with van der Waals surface area (Å²) in [5.41, 5.74) is 5.62. The number of methoxy groups -OCH3 is 1. The van der Waals surface area contributed by atoms with Gasteiger partial charge in [0.15, 0.2) is 0 Å². The Morgan fingerprint density at radius 2 is 2.03 bits per heavy atom. The average Bonchev–Trinajstić information content (AvgIpc) is 2.84. The van der Waals surface area contributed by atoms with E-state index in [1.807, 2.05) is 53.0 Å². The molecular formula is C26H42N6O3. The molecule has 1 aromatic rings. The number of allylic oxidation sites excluding steroid dienone is 1. The number of amides is 1. The molecule has 1 amide bonds. The second-order valence-electron chi connectivity index (χ2n) is 9.74. The molecule has 194 valence electrons. The van der Waals surface area contributed by atoms with Crippen molar-refractivity contribution in [3.05, 3.63) is 35.4 Å². The van der Waals surface area contributed by atoms with E-state index in [1.54, 1.807) is 19.1 Å². The van der Waals surface area contributed by atoms with Crippen LogP contribution in [0.15, 0.2) is 29.1 Å². The number of hydrogen-bond donors (Lipinski definition) is 2. The fourth-order valence-corrected chi connectivity index (χ4v) is 4.05. The number of hydrazone groups is 1. The van der Waals surface area contributed by atoms with Gasteiger partial charge in [0.1, 0.15) is 11.3 Å². The summed E-state index contributed by atoms with van der Waals surface area (Å²) < 4.78 is 10.9. The van der Waals surface area contributed by atoms with Crippen molar-refractivity contribution in [3.63, 3.8) is 0 Å². The normalized spacial score (nSPS) is 16.5. The molecule has 1 unspecified atom stereocenters. The van der Waals surface area contributed by atoms with E-state index in [-0.39, 0.29) is 18.1 Å². The third kappa shape index (κ3) is 7.70. The molecule has 1 fully saturated rings. The summed E-state index contributed by atoms with van der Waals surface area (Å²) >= 11 is 0. The molecule has 9 nitrogen and oxygen atoms in total. The fraction of sp³-hybridized carbons (Fsp3) is 0.615. The maximum absolute atomic E-state index is 12.4. The number of piperidine rings is 1. The molecule has 2 heterocycles. The fourth-order valence-electron chi connectivity index (χ4n) is 4.05. The minimum atomic E-state index is -0.497. The number of hydrogen-bond acceptors (Lipinski definition) is 8. The summed E-state index contributed by atoms with van der Waals surface area (Å²) in [4.78, 5) is 21.0. The largest absolute Gasteiger partial charge is 0.501 e. The van der Waals surface area contributed by atoms with Crippen molar-refractivity contribution in [1.29, 1.82) is 5.41 Å². The number of nitrogens with one attached hydrogen (secondary N) is 2. The van der Waals surface area contributed by atoms with Gasteiger partial charge >= 0.3 is 6.09 Å². The van der Waals surface area contributed by atoms with Crippen molar-refractivity contribution < 1.29 is 14.3 Å². The van der Waals surface area contributed by atoms with E-state index in [0.29, 0.717) is 18.8 Å². The highest BCUT2D eigenvalue weighted by atomic mass is 16.6. The first kappa shape index (κ1) is 28.1. The standard InChI is InChI=1S/C26H42N6O3/c1-9-20(34-8)16-22(30-28-6)18(2)31(7)24-11-10-21(29-23(24)17-27)19-12-14-32(15-13-19)25(33)35-26(3,4)5/h10-11,16-19,27-28H,9,12-15H2,1-8H3/b20-16+,27-17?,30-22-. The number of likely N-dealkylation sites (tertiary alicyclic amines) is 1. The van der Waals surface area contributed by atoms with Gasteiger partial charge in [0, 0.05) is 57.5 Å². The van der Waals surface area contributed by atoms with Crippen LogP contribution in [0.1, 0.15) is 71.2 Å². The van der Waals surface area contributed by atoms with Crippen molar-refractivity contribution in [1.82, 2.24) is 15.3 Å². The lowest BCUT2D eigenvalue weighted by atomic mass is 9.93. The number of anilines is 1. The number of nitrogens with zero attached hydrogens (tertiary/aromatic N) is 4. The highest BCUT2D eigenvalue weighted by Gasteiger charge is 2.28. The Hall–Kier alpha value is -3.10. The smallest absolute Gasteiger partial charge is 0.410 e. The number of rotatable bonds is 9. The summed E-state index contributed by atoms with van der Waals surface area (Å²) in [5, 5.41) is 12.4. The minimum absolute atomic E-state index is 0.0810. The van der Waals surface area contributed by atoms with Gasteiger partial charge in [0.05, 0.1) is 30.3 Å². The molecule has 0 aliphatic carbocycles. The zero-order valence-corrected chi connectivity index (χ0v) is 22.5. The highest BCUT2D eigenvalue weighted by molar-refractivity contribution is 6.01. The first-order chi connectivity index (χ1) is 16.5. The summed E-state index contributed by atoms with van der Waals surface area (Å²) in [6, 6.07) is 3.98. The molecule has 0 saturated carbocycles. The summed E-state index contributed by atoms with van der Waals surface area (Å²) in [5.74, 6) is 1.08. The van der Waals surface area contributed by atoms with Gasteiger partial charge < -0.3 is 30.1 Å². The van der Waals surface area contributed by atoms with E-state index >= 15 is 0 Å². The van der Waals surface area contributed by atoms with Crippen molar-refractivity contribution in [3.8, 4) is 0 Å². The number of carbonyl (C=O) groups excluding carboxylic acids is 1. The number of carbonyl (C=O) groups is 1. The Morgan fingerprint density at radius 3 is 2.54 bits per heavy atom. The van der Waals surface area contributed by atoms with Crippen molar-refractivity contribution in [2.75, 3.05) is 39.2 Å². The molecule has 9 heteroatoms. The molecule has 0 bridgehead atoms. The monoisotopic (exact) mass is 486 g/mol. The van der Waals surface area contributed by atoms with Crippen molar-refractivity contribution in [2.24, 2.45) is 5.10 Å². The Balaban J connectivity index is 2.17. The maximum Gasteiger partial charge on any atom is 0.410 e. The highest BCUT2D eigenvalue weighted by Crippen LogP contribution is 2.30. The third-order valence-corrected chi connectivity index (χ3v) is 6.17. The number of pyridine rings is 1. The van der Waals surface area contributed by atoms with Crippen LogP contribution in [-0.4, -0.2) is 73.8 Å². The molecule has 0 spiro atoms. The molecule has 1 aliphatic heterocycles. The molecule has 0 aromatic carbocycles. The van der Waals surface area contributed by atoms with Crippen LogP contribution in [0, 0.1) is 5.41 Å². The lowest BCUT2D eigenvalue weighted by Crippen LogP contribution is -2.41. The molecule has 1 aliphatic rings. The Labute approximate surface area is 210 Å². The molecular weight excluding hydrogens is 444 g/mol. The lowest BCUT2D eigenvalue weighted by molar-refractivity contribution is 0.0204. The minimum Gasteiger partial charge on any atom is -0.501 e. The molecule has 1 aromatic heterocycles. The maximum atomic E-state index is 12.4. The van der Waals surface area contributed by atoms with Crippen LogP contribution in [0.4, 0.5) is 10.5 Å². The average molecular weight is 487 g/mol. The number of ether oxygens (including phenoxy) is 2. The van der Waals surface area contributed by atoms with Crippen molar-refractivity contribution >= 4 is 23.7 Å². The molecule has 35 heavy (non-hydrogen) atoms. The zero-order valence-electron chi connectivity index (χ0n) is 22.5. The predicted molar refractivity (Wildman–Crippen MR) is 142 cm³/mol. The second-order valence-corrected chi connectivity index (χ2v) is 9.74. The quantitative estimate of drug-likeness (QED) is 0.302. The van der Waals surface area contributed by atoms with Gasteiger partial charge in [0.2, 0.25) is 0 Å². The van der Waals surface area contributed by atoms with Crippen LogP contribution >= 0.6 is 0 Å². The van der Waals surface area contributed by atoms with E-state index in [1.165, 1.54) is 6.21 Å². The predicted octanol–water partition coefficient (Wildman–Crippen LogP) is 4.53. The third-order valence-electron chi connectivity index (χ3n) is 6.17. The van der Waals surface area contributed by atoms with Crippen LogP contribution < -0.4 is 10.3 Å². The summed E-state index contributed by atoms with van der Waals surface area (Å²) in [6.07, 6.45) is 5.38. The van der Waals surface area contributed by atoms with Gasteiger partial charge in [-0.05, 0) is 52.7 Å². The molecule has 1 atom stereocenters. The summed E-state index contributed by atoms with van der Waals surface area (Å²) in [7, 11) is 5.41. The topological polar surface area (TPSA) is 103 Å². The van der Waals surface area contributed by atoms with Gasteiger partial charge in [-0.25, -0.2) is 9.78 Å². The SMILES string of the molecule is CC/C(=C\C(=N\NC)C(C)N(C)c1ccc(C2CCN(C(=O)OC(C)(C)C)CC2)nc1C=N)OC.